The molecule has 0 bridgehead atoms. The number of rotatable bonds is 59. The number of amides is 1. The molecule has 0 saturated carbocycles. The van der Waals surface area contributed by atoms with E-state index in [0.29, 0.717) is 25.9 Å². The lowest BCUT2D eigenvalue weighted by molar-refractivity contribution is -0.143. The third-order valence-electron chi connectivity index (χ3n) is 14.6. The molecule has 0 fully saturated rings. The fourth-order valence-electron chi connectivity index (χ4n) is 9.70. The first-order valence-corrected chi connectivity index (χ1v) is 31.9. The van der Waals surface area contributed by atoms with Crippen LogP contribution in [0.5, 0.6) is 0 Å². The Morgan fingerprint density at radius 3 is 1.07 bits per heavy atom. The van der Waals surface area contributed by atoms with E-state index in [-0.39, 0.29) is 18.5 Å². The number of carbonyl (C=O) groups is 2. The van der Waals surface area contributed by atoms with Crippen molar-refractivity contribution in [3.8, 4) is 0 Å². The standard InChI is InChI=1S/C66H123NO5/c1-3-5-7-9-11-13-15-17-19-30-34-38-42-46-50-54-58-64(69)63(62-68)67-65(70)59-55-51-47-43-39-35-31-28-26-24-22-21-23-25-27-29-33-37-41-45-49-53-57-61-72-66(71)60-56-52-48-44-40-36-32-20-18-16-14-12-10-8-6-4-2/h14,16,20-21,23-24,26,32,63-64,68-69H,3-13,15,17-19,22,25,27-31,33-62H2,1-2H3,(H,67,70)/b16-14-,23-21-,26-24-,32-20-. The van der Waals surface area contributed by atoms with Crippen LogP contribution in [0, 0.1) is 0 Å². The quantitative estimate of drug-likeness (QED) is 0.0320. The van der Waals surface area contributed by atoms with E-state index in [4.69, 9.17) is 4.74 Å². The zero-order valence-corrected chi connectivity index (χ0v) is 48.2. The monoisotopic (exact) mass is 1010 g/mol. The summed E-state index contributed by atoms with van der Waals surface area (Å²) in [4.78, 5) is 24.6. The molecule has 0 aliphatic heterocycles. The van der Waals surface area contributed by atoms with Gasteiger partial charge < -0.3 is 20.3 Å². The Hall–Kier alpha value is -2.18. The lowest BCUT2D eigenvalue weighted by Crippen LogP contribution is -2.45. The first-order chi connectivity index (χ1) is 35.5. The van der Waals surface area contributed by atoms with Gasteiger partial charge in [0.05, 0.1) is 25.4 Å². The minimum atomic E-state index is -0.672. The van der Waals surface area contributed by atoms with Crippen molar-refractivity contribution in [1.29, 1.82) is 0 Å². The summed E-state index contributed by atoms with van der Waals surface area (Å²) >= 11 is 0. The Balaban J connectivity index is 3.46. The number of allylic oxidation sites excluding steroid dienone is 8. The van der Waals surface area contributed by atoms with Crippen LogP contribution in [-0.4, -0.2) is 47.4 Å². The maximum Gasteiger partial charge on any atom is 0.305 e. The highest BCUT2D eigenvalue weighted by Gasteiger charge is 2.20. The highest BCUT2D eigenvalue weighted by atomic mass is 16.5. The molecule has 3 N–H and O–H groups in total. The fraction of sp³-hybridized carbons (Fsp3) is 0.848. The lowest BCUT2D eigenvalue weighted by atomic mass is 10.0. The molecule has 2 unspecified atom stereocenters. The van der Waals surface area contributed by atoms with Crippen molar-refractivity contribution in [2.24, 2.45) is 0 Å². The van der Waals surface area contributed by atoms with Crippen LogP contribution in [0.2, 0.25) is 0 Å². The van der Waals surface area contributed by atoms with Crippen molar-refractivity contribution >= 4 is 11.9 Å². The van der Waals surface area contributed by atoms with Gasteiger partial charge in [0.1, 0.15) is 0 Å². The van der Waals surface area contributed by atoms with E-state index in [1.54, 1.807) is 0 Å². The smallest absolute Gasteiger partial charge is 0.305 e. The number of carbonyl (C=O) groups excluding carboxylic acids is 2. The zero-order chi connectivity index (χ0) is 52.2. The molecule has 0 aromatic heterocycles. The number of aliphatic hydroxyl groups excluding tert-OH is 2. The van der Waals surface area contributed by atoms with Crippen LogP contribution >= 0.6 is 0 Å². The third kappa shape index (κ3) is 57.1. The number of ether oxygens (including phenoxy) is 1. The van der Waals surface area contributed by atoms with Crippen LogP contribution in [0.25, 0.3) is 0 Å². The summed E-state index contributed by atoms with van der Waals surface area (Å²) in [6, 6.07) is -0.550. The Labute approximate surface area is 448 Å². The second-order valence-corrected chi connectivity index (χ2v) is 21.7. The summed E-state index contributed by atoms with van der Waals surface area (Å²) in [7, 11) is 0. The fourth-order valence-corrected chi connectivity index (χ4v) is 9.70. The van der Waals surface area contributed by atoms with Gasteiger partial charge >= 0.3 is 5.97 Å². The molecular formula is C66H123NO5. The SMILES string of the molecule is CCCCCC/C=C\C/C=C\CCCCCCCC(=O)OCCCCCCCCCCC/C=C\C/C=C\CCCCCCCCCC(=O)NC(CO)C(O)CCCCCCCCCCCCCCCCCC. The van der Waals surface area contributed by atoms with Gasteiger partial charge in [-0.2, -0.15) is 0 Å². The van der Waals surface area contributed by atoms with Crippen molar-refractivity contribution in [2.75, 3.05) is 13.2 Å². The van der Waals surface area contributed by atoms with Crippen molar-refractivity contribution < 1.29 is 24.5 Å². The molecule has 422 valence electrons. The molecule has 1 amide bonds. The molecule has 0 aliphatic carbocycles. The largest absolute Gasteiger partial charge is 0.466 e. The molecular weight excluding hydrogens is 887 g/mol. The second-order valence-electron chi connectivity index (χ2n) is 21.7. The van der Waals surface area contributed by atoms with E-state index in [9.17, 15) is 19.8 Å². The number of aliphatic hydroxyl groups is 2. The lowest BCUT2D eigenvalue weighted by Gasteiger charge is -2.22. The van der Waals surface area contributed by atoms with E-state index >= 15 is 0 Å². The van der Waals surface area contributed by atoms with E-state index in [1.165, 1.54) is 231 Å². The van der Waals surface area contributed by atoms with E-state index in [0.717, 1.165) is 70.6 Å². The maximum absolute atomic E-state index is 12.5. The first kappa shape index (κ1) is 69.8. The average molecular weight is 1010 g/mol. The number of hydrogen-bond acceptors (Lipinski definition) is 5. The van der Waals surface area contributed by atoms with Gasteiger partial charge in [-0.05, 0) is 89.9 Å². The molecule has 0 aliphatic rings. The van der Waals surface area contributed by atoms with Crippen LogP contribution in [0.15, 0.2) is 48.6 Å². The van der Waals surface area contributed by atoms with Crippen LogP contribution in [-0.2, 0) is 14.3 Å². The molecule has 72 heavy (non-hydrogen) atoms. The summed E-state index contributed by atoms with van der Waals surface area (Å²) in [6.45, 7) is 4.93. The topological polar surface area (TPSA) is 95.9 Å². The highest BCUT2D eigenvalue weighted by Crippen LogP contribution is 2.17. The highest BCUT2D eigenvalue weighted by molar-refractivity contribution is 5.76. The van der Waals surface area contributed by atoms with Crippen LogP contribution < -0.4 is 5.32 Å². The maximum atomic E-state index is 12.5. The van der Waals surface area contributed by atoms with E-state index in [1.807, 2.05) is 0 Å². The second kappa shape index (κ2) is 61.4. The van der Waals surface area contributed by atoms with Gasteiger partial charge in [0.15, 0.2) is 0 Å². The normalized spacial score (nSPS) is 12.9. The van der Waals surface area contributed by atoms with E-state index < -0.39 is 12.1 Å². The van der Waals surface area contributed by atoms with Crippen LogP contribution in [0.4, 0.5) is 0 Å². The number of esters is 1. The summed E-state index contributed by atoms with van der Waals surface area (Å²) < 4.78 is 5.48. The van der Waals surface area contributed by atoms with Gasteiger partial charge in [-0.1, -0.05) is 281 Å². The predicted octanol–water partition coefficient (Wildman–Crippen LogP) is 20.1. The molecule has 0 rings (SSSR count). The van der Waals surface area contributed by atoms with Gasteiger partial charge in [-0.3, -0.25) is 9.59 Å². The van der Waals surface area contributed by atoms with Crippen LogP contribution in [0.1, 0.15) is 335 Å². The van der Waals surface area contributed by atoms with Gasteiger partial charge in [0.2, 0.25) is 5.91 Å². The minimum absolute atomic E-state index is 0.00652. The van der Waals surface area contributed by atoms with Gasteiger partial charge in [0.25, 0.3) is 0 Å². The van der Waals surface area contributed by atoms with Gasteiger partial charge in [-0.15, -0.1) is 0 Å². The first-order valence-electron chi connectivity index (χ1n) is 31.9. The Morgan fingerprint density at radius 2 is 0.694 bits per heavy atom. The van der Waals surface area contributed by atoms with Crippen molar-refractivity contribution in [1.82, 2.24) is 5.32 Å². The van der Waals surface area contributed by atoms with E-state index in [2.05, 4.69) is 67.8 Å². The van der Waals surface area contributed by atoms with Gasteiger partial charge in [0, 0.05) is 12.8 Å². The molecule has 0 heterocycles. The number of hydrogen-bond donors (Lipinski definition) is 3. The molecule has 6 nitrogen and oxygen atoms in total. The van der Waals surface area contributed by atoms with Crippen molar-refractivity contribution in [3.63, 3.8) is 0 Å². The molecule has 0 aromatic carbocycles. The molecule has 6 heteroatoms. The number of unbranched alkanes of at least 4 members (excludes halogenated alkanes) is 40. The summed E-state index contributed by atoms with van der Waals surface area (Å²) in [5.41, 5.74) is 0. The molecule has 0 spiro atoms. The van der Waals surface area contributed by atoms with Gasteiger partial charge in [-0.25, -0.2) is 0 Å². The minimum Gasteiger partial charge on any atom is -0.466 e. The summed E-state index contributed by atoms with van der Waals surface area (Å²) in [5.74, 6) is -0.0508. The number of nitrogens with one attached hydrogen (secondary N) is 1. The summed E-state index contributed by atoms with van der Waals surface area (Å²) in [6.07, 6.45) is 78.3. The summed E-state index contributed by atoms with van der Waals surface area (Å²) in [5, 5.41) is 23.3. The Kier molecular flexibility index (Phi) is 59.5. The van der Waals surface area contributed by atoms with Crippen LogP contribution in [0.3, 0.4) is 0 Å². The molecule has 2 atom stereocenters. The molecule has 0 saturated heterocycles. The Bertz CT molecular complexity index is 1210. The predicted molar refractivity (Wildman–Crippen MR) is 315 cm³/mol. The average Bonchev–Trinajstić information content (AvgIpc) is 3.38. The third-order valence-corrected chi connectivity index (χ3v) is 14.6. The Morgan fingerprint density at radius 1 is 0.389 bits per heavy atom. The zero-order valence-electron chi connectivity index (χ0n) is 48.2. The van der Waals surface area contributed by atoms with Crippen molar-refractivity contribution in [3.05, 3.63) is 48.6 Å². The molecule has 0 radical (unpaired) electrons. The molecule has 0 aromatic rings. The van der Waals surface area contributed by atoms with Crippen molar-refractivity contribution in [2.45, 2.75) is 347 Å².